The van der Waals surface area contributed by atoms with Crippen molar-refractivity contribution in [2.45, 2.75) is 13.8 Å². The molecular formula is C8H11N3O2. The topological polar surface area (TPSA) is 61.0 Å². The number of imidazole rings is 1. The largest absolute Gasteiger partial charge is 0.358 e. The van der Waals surface area contributed by atoms with Crippen LogP contribution in [0.1, 0.15) is 19.5 Å². The van der Waals surface area contributed by atoms with Crippen molar-refractivity contribution in [2.75, 3.05) is 0 Å². The second kappa shape index (κ2) is 3.38. The summed E-state index contributed by atoms with van der Waals surface area (Å²) in [5, 5.41) is 10.6. The fraction of sp³-hybridized carbons (Fsp3) is 0.375. The zero-order chi connectivity index (χ0) is 10.0. The number of allylic oxidation sites excluding steroid dienone is 1. The van der Waals surface area contributed by atoms with Gasteiger partial charge in [-0.15, -0.1) is 0 Å². The van der Waals surface area contributed by atoms with E-state index in [0.717, 1.165) is 5.57 Å². The maximum Gasteiger partial charge on any atom is 0.349 e. The van der Waals surface area contributed by atoms with E-state index in [1.165, 1.54) is 10.9 Å². The van der Waals surface area contributed by atoms with Crippen molar-refractivity contribution in [3.05, 3.63) is 27.7 Å². The summed E-state index contributed by atoms with van der Waals surface area (Å²) < 4.78 is 1.40. The fourth-order valence-electron chi connectivity index (χ4n) is 1.04. The van der Waals surface area contributed by atoms with E-state index in [1.807, 2.05) is 13.8 Å². The van der Waals surface area contributed by atoms with E-state index in [2.05, 4.69) is 4.98 Å². The Hall–Kier alpha value is -1.65. The van der Waals surface area contributed by atoms with Crippen LogP contribution >= 0.6 is 0 Å². The molecule has 0 saturated heterocycles. The highest BCUT2D eigenvalue weighted by atomic mass is 16.6. The van der Waals surface area contributed by atoms with Gasteiger partial charge in [0, 0.05) is 0 Å². The lowest BCUT2D eigenvalue weighted by Gasteiger charge is -1.95. The second-order valence-corrected chi connectivity index (χ2v) is 3.04. The smallest absolute Gasteiger partial charge is 0.349 e. The van der Waals surface area contributed by atoms with E-state index >= 15 is 0 Å². The molecule has 0 fully saturated rings. The molecule has 0 bridgehead atoms. The maximum atomic E-state index is 10.6. The molecule has 0 unspecified atom stereocenters. The lowest BCUT2D eigenvalue weighted by molar-refractivity contribution is -0.392. The third-order valence-electron chi connectivity index (χ3n) is 1.53. The third-order valence-corrected chi connectivity index (χ3v) is 1.53. The van der Waals surface area contributed by atoms with Gasteiger partial charge in [-0.2, -0.15) is 0 Å². The van der Waals surface area contributed by atoms with Crippen LogP contribution in [0.25, 0.3) is 6.08 Å². The normalized spacial score (nSPS) is 9.77. The van der Waals surface area contributed by atoms with Crippen LogP contribution in [0.4, 0.5) is 5.82 Å². The molecule has 70 valence electrons. The number of nitrogens with zero attached hydrogens (tertiary/aromatic N) is 3. The molecule has 1 heterocycles. The predicted molar refractivity (Wildman–Crippen MR) is 49.2 cm³/mol. The second-order valence-electron chi connectivity index (χ2n) is 3.04. The van der Waals surface area contributed by atoms with E-state index in [1.54, 1.807) is 13.1 Å². The summed E-state index contributed by atoms with van der Waals surface area (Å²) in [6.07, 6.45) is 3.13. The fourth-order valence-corrected chi connectivity index (χ4v) is 1.04. The molecule has 0 aromatic carbocycles. The minimum Gasteiger partial charge on any atom is -0.358 e. The number of aryl methyl sites for hydroxylation is 1. The first-order valence-electron chi connectivity index (χ1n) is 3.83. The molecule has 0 radical (unpaired) electrons. The van der Waals surface area contributed by atoms with Crippen LogP contribution in [0.15, 0.2) is 11.9 Å². The Morgan fingerprint density at radius 2 is 2.31 bits per heavy atom. The molecule has 13 heavy (non-hydrogen) atoms. The highest BCUT2D eigenvalue weighted by molar-refractivity contribution is 5.56. The maximum absolute atomic E-state index is 10.6. The van der Waals surface area contributed by atoms with E-state index in [-0.39, 0.29) is 5.82 Å². The first-order valence-corrected chi connectivity index (χ1v) is 3.83. The first-order chi connectivity index (χ1) is 6.02. The van der Waals surface area contributed by atoms with Gasteiger partial charge >= 0.3 is 5.82 Å². The van der Waals surface area contributed by atoms with Crippen LogP contribution in [-0.2, 0) is 7.05 Å². The van der Waals surface area contributed by atoms with Crippen LogP contribution in [0, 0.1) is 10.1 Å². The number of nitro groups is 1. The molecule has 0 aliphatic carbocycles. The number of rotatable bonds is 2. The van der Waals surface area contributed by atoms with Gasteiger partial charge in [0.1, 0.15) is 0 Å². The monoisotopic (exact) mass is 181 g/mol. The number of hydrogen-bond acceptors (Lipinski definition) is 3. The minimum atomic E-state index is -0.429. The average molecular weight is 181 g/mol. The van der Waals surface area contributed by atoms with E-state index in [9.17, 15) is 10.1 Å². The standard InChI is InChI=1S/C8H11N3O2/c1-6(2)4-7-8(11(12)13)10(3)5-9-7/h4-5H,1-3H3. The van der Waals surface area contributed by atoms with E-state index in [4.69, 9.17) is 0 Å². The Kier molecular flexibility index (Phi) is 2.46. The number of aromatic nitrogens is 2. The van der Waals surface area contributed by atoms with Crippen molar-refractivity contribution in [3.63, 3.8) is 0 Å². The van der Waals surface area contributed by atoms with Crippen molar-refractivity contribution in [1.29, 1.82) is 0 Å². The van der Waals surface area contributed by atoms with Crippen LogP contribution in [0.2, 0.25) is 0 Å². The quantitative estimate of drug-likeness (QED) is 0.515. The van der Waals surface area contributed by atoms with Crippen molar-refractivity contribution >= 4 is 11.9 Å². The van der Waals surface area contributed by atoms with Gasteiger partial charge in [0.15, 0.2) is 12.0 Å². The van der Waals surface area contributed by atoms with Gasteiger partial charge in [-0.1, -0.05) is 5.57 Å². The molecule has 1 aromatic rings. The summed E-state index contributed by atoms with van der Waals surface area (Å²) in [4.78, 5) is 14.1. The summed E-state index contributed by atoms with van der Waals surface area (Å²) in [7, 11) is 1.60. The molecule has 0 aliphatic heterocycles. The van der Waals surface area contributed by atoms with Gasteiger partial charge in [0.05, 0.1) is 7.05 Å². The Labute approximate surface area is 75.9 Å². The summed E-state index contributed by atoms with van der Waals surface area (Å²) >= 11 is 0. The van der Waals surface area contributed by atoms with Crippen LogP contribution < -0.4 is 0 Å². The van der Waals surface area contributed by atoms with E-state index < -0.39 is 4.92 Å². The van der Waals surface area contributed by atoms with Gasteiger partial charge in [-0.05, 0) is 24.8 Å². The zero-order valence-corrected chi connectivity index (χ0v) is 7.81. The van der Waals surface area contributed by atoms with Crippen LogP contribution in [-0.4, -0.2) is 14.5 Å². The Balaban J connectivity index is 3.23. The van der Waals surface area contributed by atoms with E-state index in [0.29, 0.717) is 5.69 Å². The molecule has 0 aliphatic rings. The highest BCUT2D eigenvalue weighted by Gasteiger charge is 2.16. The van der Waals surface area contributed by atoms with Crippen molar-refractivity contribution in [3.8, 4) is 0 Å². The molecule has 5 nitrogen and oxygen atoms in total. The Morgan fingerprint density at radius 1 is 1.69 bits per heavy atom. The molecule has 0 saturated carbocycles. The molecule has 0 amide bonds. The molecule has 1 rings (SSSR count). The molecule has 0 atom stereocenters. The van der Waals surface area contributed by atoms with Crippen LogP contribution in [0.3, 0.4) is 0 Å². The van der Waals surface area contributed by atoms with Crippen molar-refractivity contribution in [1.82, 2.24) is 9.55 Å². The zero-order valence-electron chi connectivity index (χ0n) is 7.81. The van der Waals surface area contributed by atoms with Gasteiger partial charge < -0.3 is 10.1 Å². The van der Waals surface area contributed by atoms with Gasteiger partial charge in [0.2, 0.25) is 0 Å². The van der Waals surface area contributed by atoms with Crippen LogP contribution in [0.5, 0.6) is 0 Å². The van der Waals surface area contributed by atoms with Crippen molar-refractivity contribution in [2.24, 2.45) is 7.05 Å². The minimum absolute atomic E-state index is 0.0289. The SMILES string of the molecule is CC(C)=Cc1ncn(C)c1[N+](=O)[O-]. The summed E-state index contributed by atoms with van der Waals surface area (Å²) in [6, 6.07) is 0. The van der Waals surface area contributed by atoms with Crippen molar-refractivity contribution < 1.29 is 4.92 Å². The Morgan fingerprint density at radius 3 is 2.77 bits per heavy atom. The molecule has 1 aromatic heterocycles. The first kappa shape index (κ1) is 9.44. The van der Waals surface area contributed by atoms with Gasteiger partial charge in [0.25, 0.3) is 0 Å². The molecule has 0 spiro atoms. The average Bonchev–Trinajstić information content (AvgIpc) is 2.30. The third kappa shape index (κ3) is 1.93. The molecular weight excluding hydrogens is 170 g/mol. The highest BCUT2D eigenvalue weighted by Crippen LogP contribution is 2.18. The predicted octanol–water partition coefficient (Wildman–Crippen LogP) is 1.75. The lowest BCUT2D eigenvalue weighted by atomic mass is 10.3. The lowest BCUT2D eigenvalue weighted by Crippen LogP contribution is -1.97. The summed E-state index contributed by atoms with van der Waals surface area (Å²) in [5.74, 6) is 0.0289. The Bertz CT molecular complexity index is 361. The van der Waals surface area contributed by atoms with Gasteiger partial charge in [-0.25, -0.2) is 9.55 Å². The van der Waals surface area contributed by atoms with Gasteiger partial charge in [-0.3, -0.25) is 0 Å². The molecule has 0 N–H and O–H groups in total. The molecule has 5 heteroatoms. The number of hydrogen-bond donors (Lipinski definition) is 0. The summed E-state index contributed by atoms with van der Waals surface area (Å²) in [5.41, 5.74) is 1.40. The summed E-state index contributed by atoms with van der Waals surface area (Å²) in [6.45, 7) is 3.75.